The van der Waals surface area contributed by atoms with Crippen molar-refractivity contribution in [1.82, 2.24) is 0 Å². The summed E-state index contributed by atoms with van der Waals surface area (Å²) in [4.78, 5) is 0. The van der Waals surface area contributed by atoms with E-state index in [1.54, 1.807) is 0 Å². The van der Waals surface area contributed by atoms with Crippen LogP contribution in [-0.2, 0) is 0 Å². The molecule has 0 amide bonds. The summed E-state index contributed by atoms with van der Waals surface area (Å²) in [6.45, 7) is 10.7. The summed E-state index contributed by atoms with van der Waals surface area (Å²) in [6, 6.07) is 0. The lowest BCUT2D eigenvalue weighted by molar-refractivity contribution is 0.518. The van der Waals surface area contributed by atoms with E-state index in [9.17, 15) is 0 Å². The fourth-order valence-corrected chi connectivity index (χ4v) is 1.01. The summed E-state index contributed by atoms with van der Waals surface area (Å²) >= 11 is 0. The minimum absolute atomic E-state index is 0.354. The van der Waals surface area contributed by atoms with Gasteiger partial charge in [-0.2, -0.15) is 0 Å². The first kappa shape index (κ1) is 10.5. The molecule has 1 rings (SSSR count). The average molecular weight is 152 g/mol. The highest BCUT2D eigenvalue weighted by molar-refractivity contribution is 5.30. The summed E-state index contributed by atoms with van der Waals surface area (Å²) in [5.41, 5.74) is 1.83. The predicted molar refractivity (Wildman–Crippen MR) is 52.6 cm³/mol. The summed E-state index contributed by atoms with van der Waals surface area (Å²) < 4.78 is 0. The van der Waals surface area contributed by atoms with Crippen molar-refractivity contribution < 1.29 is 0 Å². The fraction of sp³-hybridized carbons (Fsp3) is 0.636. The van der Waals surface area contributed by atoms with Gasteiger partial charge in [0.25, 0.3) is 0 Å². The standard InChI is InChI=1S/C9H14.C2H6/c1-9(2,3)8-6-4-5-7-8;1-2/h4,6-7H,5H2,1-3H3;1-2H3. The largest absolute Gasteiger partial charge is 0.0804 e. The van der Waals surface area contributed by atoms with Gasteiger partial charge in [-0.05, 0) is 17.4 Å². The van der Waals surface area contributed by atoms with Gasteiger partial charge in [-0.25, -0.2) is 0 Å². The molecule has 0 bridgehead atoms. The van der Waals surface area contributed by atoms with Crippen LogP contribution in [0.15, 0.2) is 23.8 Å². The number of allylic oxidation sites excluding steroid dienone is 4. The lowest BCUT2D eigenvalue weighted by atomic mass is 9.87. The van der Waals surface area contributed by atoms with Crippen LogP contribution in [0.2, 0.25) is 0 Å². The van der Waals surface area contributed by atoms with Gasteiger partial charge in [0, 0.05) is 0 Å². The summed E-state index contributed by atoms with van der Waals surface area (Å²) in [7, 11) is 0. The van der Waals surface area contributed by atoms with Gasteiger partial charge in [0.2, 0.25) is 0 Å². The molecule has 11 heavy (non-hydrogen) atoms. The van der Waals surface area contributed by atoms with Crippen molar-refractivity contribution in [3.8, 4) is 0 Å². The maximum atomic E-state index is 2.29. The summed E-state index contributed by atoms with van der Waals surface area (Å²) in [5, 5.41) is 0. The molecule has 0 spiro atoms. The Labute approximate surface area is 71.0 Å². The van der Waals surface area contributed by atoms with Gasteiger partial charge in [-0.15, -0.1) is 0 Å². The molecule has 0 unspecified atom stereocenters. The second kappa shape index (κ2) is 4.38. The third kappa shape index (κ3) is 3.41. The zero-order valence-corrected chi connectivity index (χ0v) is 8.44. The van der Waals surface area contributed by atoms with Gasteiger partial charge >= 0.3 is 0 Å². The van der Waals surface area contributed by atoms with Crippen LogP contribution in [-0.4, -0.2) is 0 Å². The van der Waals surface area contributed by atoms with Crippen molar-refractivity contribution in [3.63, 3.8) is 0 Å². The molecule has 0 aliphatic heterocycles. The molecule has 0 radical (unpaired) electrons. The van der Waals surface area contributed by atoms with Gasteiger partial charge in [-0.3, -0.25) is 0 Å². The fourth-order valence-electron chi connectivity index (χ4n) is 1.01. The van der Waals surface area contributed by atoms with Crippen LogP contribution in [0, 0.1) is 5.41 Å². The van der Waals surface area contributed by atoms with Gasteiger partial charge in [0.05, 0.1) is 0 Å². The summed E-state index contributed by atoms with van der Waals surface area (Å²) in [5.74, 6) is 0. The Bertz CT molecular complexity index is 153. The quantitative estimate of drug-likeness (QED) is 0.493. The number of hydrogen-bond acceptors (Lipinski definition) is 0. The second-order valence-corrected chi connectivity index (χ2v) is 3.55. The SMILES string of the molecule is CC.CC(C)(C)C1=CCC=C1. The third-order valence-electron chi connectivity index (χ3n) is 1.64. The van der Waals surface area contributed by atoms with Crippen molar-refractivity contribution in [2.24, 2.45) is 5.41 Å². The monoisotopic (exact) mass is 152 g/mol. The maximum Gasteiger partial charge on any atom is -0.0135 e. The molecule has 0 heterocycles. The van der Waals surface area contributed by atoms with E-state index in [-0.39, 0.29) is 0 Å². The van der Waals surface area contributed by atoms with E-state index in [4.69, 9.17) is 0 Å². The van der Waals surface area contributed by atoms with E-state index in [2.05, 4.69) is 39.0 Å². The lowest BCUT2D eigenvalue weighted by Crippen LogP contribution is -2.05. The van der Waals surface area contributed by atoms with Crippen molar-refractivity contribution in [2.75, 3.05) is 0 Å². The first-order valence-corrected chi connectivity index (χ1v) is 4.48. The topological polar surface area (TPSA) is 0 Å². The van der Waals surface area contributed by atoms with Gasteiger partial charge < -0.3 is 0 Å². The third-order valence-corrected chi connectivity index (χ3v) is 1.64. The maximum absolute atomic E-state index is 2.29. The van der Waals surface area contributed by atoms with E-state index in [1.807, 2.05) is 13.8 Å². The van der Waals surface area contributed by atoms with Crippen LogP contribution in [0.25, 0.3) is 0 Å². The van der Waals surface area contributed by atoms with Crippen LogP contribution in [0.3, 0.4) is 0 Å². The molecule has 0 aromatic heterocycles. The van der Waals surface area contributed by atoms with E-state index in [0.717, 1.165) is 6.42 Å². The Balaban J connectivity index is 0.000000461. The zero-order valence-electron chi connectivity index (χ0n) is 8.44. The number of hydrogen-bond donors (Lipinski definition) is 0. The van der Waals surface area contributed by atoms with Crippen LogP contribution in [0.5, 0.6) is 0 Å². The van der Waals surface area contributed by atoms with E-state index >= 15 is 0 Å². The molecule has 0 nitrogen and oxygen atoms in total. The van der Waals surface area contributed by atoms with Crippen molar-refractivity contribution in [3.05, 3.63) is 23.8 Å². The smallest absolute Gasteiger partial charge is 0.0135 e. The van der Waals surface area contributed by atoms with E-state index in [0.29, 0.717) is 5.41 Å². The van der Waals surface area contributed by atoms with Gasteiger partial charge in [0.1, 0.15) is 0 Å². The highest BCUT2D eigenvalue weighted by Gasteiger charge is 2.15. The molecule has 0 saturated carbocycles. The molecule has 0 fully saturated rings. The Kier molecular flexibility index (Phi) is 4.17. The minimum Gasteiger partial charge on any atom is -0.0804 e. The average Bonchev–Trinajstić information content (AvgIpc) is 2.40. The Morgan fingerprint density at radius 3 is 1.91 bits per heavy atom. The van der Waals surface area contributed by atoms with E-state index in [1.165, 1.54) is 5.57 Å². The highest BCUT2D eigenvalue weighted by Crippen LogP contribution is 2.29. The Morgan fingerprint density at radius 2 is 1.73 bits per heavy atom. The Hall–Kier alpha value is -0.520. The number of rotatable bonds is 0. The van der Waals surface area contributed by atoms with Crippen molar-refractivity contribution >= 4 is 0 Å². The van der Waals surface area contributed by atoms with Crippen LogP contribution in [0.1, 0.15) is 41.0 Å². The van der Waals surface area contributed by atoms with E-state index < -0.39 is 0 Å². The normalized spacial score (nSPS) is 15.5. The molecule has 0 aromatic rings. The van der Waals surface area contributed by atoms with Crippen molar-refractivity contribution in [2.45, 2.75) is 41.0 Å². The molecular formula is C11H20. The molecule has 1 aliphatic carbocycles. The van der Waals surface area contributed by atoms with Crippen LogP contribution >= 0.6 is 0 Å². The second-order valence-electron chi connectivity index (χ2n) is 3.55. The van der Waals surface area contributed by atoms with Crippen LogP contribution < -0.4 is 0 Å². The molecule has 0 atom stereocenters. The summed E-state index contributed by atoms with van der Waals surface area (Å²) in [6.07, 6.45) is 7.85. The molecule has 0 aromatic carbocycles. The molecule has 0 saturated heterocycles. The molecule has 64 valence electrons. The minimum atomic E-state index is 0.354. The van der Waals surface area contributed by atoms with Gasteiger partial charge in [0.15, 0.2) is 0 Å². The first-order valence-electron chi connectivity index (χ1n) is 4.48. The molecule has 1 aliphatic rings. The Morgan fingerprint density at radius 1 is 1.18 bits per heavy atom. The van der Waals surface area contributed by atoms with Gasteiger partial charge in [-0.1, -0.05) is 52.8 Å². The molecular weight excluding hydrogens is 132 g/mol. The predicted octanol–water partition coefficient (Wildman–Crippen LogP) is 3.95. The highest BCUT2D eigenvalue weighted by atomic mass is 14.2. The lowest BCUT2D eigenvalue weighted by Gasteiger charge is -2.18. The molecule has 0 heteroatoms. The zero-order chi connectivity index (χ0) is 8.91. The first-order chi connectivity index (χ1) is 5.11. The van der Waals surface area contributed by atoms with Crippen molar-refractivity contribution in [1.29, 1.82) is 0 Å². The van der Waals surface area contributed by atoms with Crippen LogP contribution in [0.4, 0.5) is 0 Å². The molecule has 0 N–H and O–H groups in total.